The van der Waals surface area contributed by atoms with Gasteiger partial charge < -0.3 is 15.8 Å². The van der Waals surface area contributed by atoms with Crippen molar-refractivity contribution in [2.24, 2.45) is 11.7 Å². The predicted molar refractivity (Wildman–Crippen MR) is 56.9 cm³/mol. The van der Waals surface area contributed by atoms with Crippen LogP contribution in [0.15, 0.2) is 0 Å². The van der Waals surface area contributed by atoms with Crippen LogP contribution >= 0.6 is 0 Å². The molecule has 0 heterocycles. The molecule has 0 spiro atoms. The third-order valence-corrected chi connectivity index (χ3v) is 2.03. The number of carbonyl (C=O) groups is 1. The molecule has 0 aromatic heterocycles. The van der Waals surface area contributed by atoms with Crippen molar-refractivity contribution in [2.45, 2.75) is 39.3 Å². The number of nitrogens with one attached hydrogen (secondary N) is 1. The summed E-state index contributed by atoms with van der Waals surface area (Å²) in [7, 11) is 1.62. The molecular weight excluding hydrogens is 180 g/mol. The summed E-state index contributed by atoms with van der Waals surface area (Å²) in [5, 5.41) is 2.75. The quantitative estimate of drug-likeness (QED) is 0.659. The van der Waals surface area contributed by atoms with E-state index >= 15 is 0 Å². The fourth-order valence-corrected chi connectivity index (χ4v) is 1.07. The first-order valence-corrected chi connectivity index (χ1v) is 5.03. The topological polar surface area (TPSA) is 64.3 Å². The highest BCUT2D eigenvalue weighted by molar-refractivity contribution is 5.81. The summed E-state index contributed by atoms with van der Waals surface area (Å²) < 4.78 is 5.01. The Morgan fingerprint density at radius 2 is 2.00 bits per heavy atom. The van der Waals surface area contributed by atoms with Crippen LogP contribution in [0.2, 0.25) is 0 Å². The van der Waals surface area contributed by atoms with E-state index in [1.165, 1.54) is 0 Å². The van der Waals surface area contributed by atoms with Crippen LogP contribution in [0.4, 0.5) is 0 Å². The average molecular weight is 202 g/mol. The number of carbonyl (C=O) groups excluding carboxylic acids is 1. The Kier molecular flexibility index (Phi) is 6.49. The van der Waals surface area contributed by atoms with E-state index in [2.05, 4.69) is 5.32 Å². The van der Waals surface area contributed by atoms with E-state index < -0.39 is 6.04 Å². The Morgan fingerprint density at radius 3 is 2.43 bits per heavy atom. The van der Waals surface area contributed by atoms with E-state index in [4.69, 9.17) is 10.5 Å². The van der Waals surface area contributed by atoms with Gasteiger partial charge in [-0.1, -0.05) is 13.8 Å². The monoisotopic (exact) mass is 202 g/mol. The number of amides is 1. The zero-order chi connectivity index (χ0) is 11.1. The molecule has 2 atom stereocenters. The standard InChI is InChI=1S/C10H22N2O2/c1-7(2)5-9(11)10(13)12-6-8(3)14-4/h7-9H,5-6,11H2,1-4H3,(H,12,13). The van der Waals surface area contributed by atoms with Gasteiger partial charge in [-0.3, -0.25) is 4.79 Å². The number of rotatable bonds is 6. The number of hydrogen-bond donors (Lipinski definition) is 2. The highest BCUT2D eigenvalue weighted by atomic mass is 16.5. The number of ether oxygens (including phenoxy) is 1. The highest BCUT2D eigenvalue weighted by Gasteiger charge is 2.14. The van der Waals surface area contributed by atoms with Crippen LogP contribution in [-0.2, 0) is 9.53 Å². The molecule has 4 heteroatoms. The van der Waals surface area contributed by atoms with Gasteiger partial charge >= 0.3 is 0 Å². The smallest absolute Gasteiger partial charge is 0.237 e. The van der Waals surface area contributed by atoms with Crippen molar-refractivity contribution in [2.75, 3.05) is 13.7 Å². The Hall–Kier alpha value is -0.610. The molecule has 2 unspecified atom stereocenters. The maximum atomic E-state index is 11.4. The molecule has 0 saturated carbocycles. The molecule has 3 N–H and O–H groups in total. The maximum absolute atomic E-state index is 11.4. The summed E-state index contributed by atoms with van der Waals surface area (Å²) in [6.45, 7) is 6.51. The molecular formula is C10H22N2O2. The molecule has 0 radical (unpaired) electrons. The van der Waals surface area contributed by atoms with Gasteiger partial charge in [0.25, 0.3) is 0 Å². The van der Waals surface area contributed by atoms with E-state index in [1.807, 2.05) is 20.8 Å². The molecule has 0 aliphatic carbocycles. The molecule has 0 aromatic rings. The summed E-state index contributed by atoms with van der Waals surface area (Å²) in [4.78, 5) is 11.4. The molecule has 0 saturated heterocycles. The van der Waals surface area contributed by atoms with E-state index in [0.29, 0.717) is 18.9 Å². The van der Waals surface area contributed by atoms with Gasteiger partial charge in [0.05, 0.1) is 12.1 Å². The van der Waals surface area contributed by atoms with Gasteiger partial charge in [0.2, 0.25) is 5.91 Å². The van der Waals surface area contributed by atoms with Crippen LogP contribution in [0.25, 0.3) is 0 Å². The van der Waals surface area contributed by atoms with Gasteiger partial charge in [-0.05, 0) is 19.3 Å². The fourth-order valence-electron chi connectivity index (χ4n) is 1.07. The first-order valence-electron chi connectivity index (χ1n) is 5.03. The maximum Gasteiger partial charge on any atom is 0.237 e. The first-order chi connectivity index (χ1) is 6.47. The third kappa shape index (κ3) is 5.94. The van der Waals surface area contributed by atoms with Crippen molar-refractivity contribution in [3.63, 3.8) is 0 Å². The van der Waals surface area contributed by atoms with Crippen molar-refractivity contribution in [3.8, 4) is 0 Å². The molecule has 0 aliphatic rings. The van der Waals surface area contributed by atoms with Crippen LogP contribution in [-0.4, -0.2) is 31.7 Å². The van der Waals surface area contributed by atoms with Gasteiger partial charge in [-0.15, -0.1) is 0 Å². The van der Waals surface area contributed by atoms with E-state index in [0.717, 1.165) is 0 Å². The van der Waals surface area contributed by atoms with Gasteiger partial charge in [-0.25, -0.2) is 0 Å². The Balaban J connectivity index is 3.73. The second kappa shape index (κ2) is 6.79. The zero-order valence-electron chi connectivity index (χ0n) is 9.54. The lowest BCUT2D eigenvalue weighted by atomic mass is 10.0. The second-order valence-corrected chi connectivity index (χ2v) is 4.03. The number of hydrogen-bond acceptors (Lipinski definition) is 3. The fraction of sp³-hybridized carbons (Fsp3) is 0.900. The van der Waals surface area contributed by atoms with Crippen LogP contribution in [0.3, 0.4) is 0 Å². The summed E-state index contributed by atoms with van der Waals surface area (Å²) in [6, 6.07) is -0.404. The molecule has 0 fully saturated rings. The van der Waals surface area contributed by atoms with Crippen LogP contribution in [0.5, 0.6) is 0 Å². The van der Waals surface area contributed by atoms with Gasteiger partial charge in [0.1, 0.15) is 0 Å². The second-order valence-electron chi connectivity index (χ2n) is 4.03. The lowest BCUT2D eigenvalue weighted by molar-refractivity contribution is -0.123. The van der Waals surface area contributed by atoms with Crippen LogP contribution < -0.4 is 11.1 Å². The molecule has 14 heavy (non-hydrogen) atoms. The minimum absolute atomic E-state index is 0.0326. The third-order valence-electron chi connectivity index (χ3n) is 2.03. The predicted octanol–water partition coefficient (Wildman–Crippen LogP) is 0.511. The summed E-state index contributed by atoms with van der Waals surface area (Å²) in [5.74, 6) is 0.346. The molecule has 0 aromatic carbocycles. The van der Waals surface area contributed by atoms with Crippen LogP contribution in [0.1, 0.15) is 27.2 Å². The largest absolute Gasteiger partial charge is 0.380 e. The SMILES string of the molecule is COC(C)CNC(=O)C(N)CC(C)C. The van der Waals surface area contributed by atoms with Crippen molar-refractivity contribution < 1.29 is 9.53 Å². The average Bonchev–Trinajstić information content (AvgIpc) is 2.12. The highest BCUT2D eigenvalue weighted by Crippen LogP contribution is 2.02. The van der Waals surface area contributed by atoms with E-state index in [9.17, 15) is 4.79 Å². The normalized spacial score (nSPS) is 15.3. The molecule has 4 nitrogen and oxygen atoms in total. The Bertz CT molecular complexity index is 172. The lowest BCUT2D eigenvalue weighted by Gasteiger charge is -2.16. The zero-order valence-corrected chi connectivity index (χ0v) is 9.54. The van der Waals surface area contributed by atoms with Gasteiger partial charge in [0.15, 0.2) is 0 Å². The van der Waals surface area contributed by atoms with Crippen molar-refractivity contribution in [1.29, 1.82) is 0 Å². The van der Waals surface area contributed by atoms with Crippen molar-refractivity contribution >= 4 is 5.91 Å². The minimum atomic E-state index is -0.404. The summed E-state index contributed by atoms with van der Waals surface area (Å²) >= 11 is 0. The van der Waals surface area contributed by atoms with E-state index in [1.54, 1.807) is 7.11 Å². The minimum Gasteiger partial charge on any atom is -0.380 e. The lowest BCUT2D eigenvalue weighted by Crippen LogP contribution is -2.43. The molecule has 0 aliphatic heterocycles. The number of nitrogens with two attached hydrogens (primary N) is 1. The molecule has 1 amide bonds. The van der Waals surface area contributed by atoms with Crippen molar-refractivity contribution in [1.82, 2.24) is 5.32 Å². The number of methoxy groups -OCH3 is 1. The van der Waals surface area contributed by atoms with E-state index in [-0.39, 0.29) is 12.0 Å². The van der Waals surface area contributed by atoms with Crippen LogP contribution in [0, 0.1) is 5.92 Å². The summed E-state index contributed by atoms with van der Waals surface area (Å²) in [6.07, 6.45) is 0.748. The van der Waals surface area contributed by atoms with Gasteiger partial charge in [0, 0.05) is 13.7 Å². The Labute approximate surface area is 86.2 Å². The Morgan fingerprint density at radius 1 is 1.43 bits per heavy atom. The first kappa shape index (κ1) is 13.4. The van der Waals surface area contributed by atoms with Crippen molar-refractivity contribution in [3.05, 3.63) is 0 Å². The molecule has 0 bridgehead atoms. The molecule has 0 rings (SSSR count). The summed E-state index contributed by atoms with van der Waals surface area (Å²) in [5.41, 5.74) is 5.69. The molecule has 84 valence electrons. The van der Waals surface area contributed by atoms with Gasteiger partial charge in [-0.2, -0.15) is 0 Å².